The second kappa shape index (κ2) is 4.40. The molecule has 2 amide bonds. The quantitative estimate of drug-likeness (QED) is 0.865. The maximum absolute atomic E-state index is 12.0. The molecular formula is C13H15N3O2. The highest BCUT2D eigenvalue weighted by molar-refractivity contribution is 5.96. The molecule has 5 nitrogen and oxygen atoms in total. The third-order valence-electron chi connectivity index (χ3n) is 3.43. The van der Waals surface area contributed by atoms with Crippen LogP contribution in [0.2, 0.25) is 0 Å². The number of carbonyl (C=O) groups is 2. The van der Waals surface area contributed by atoms with Gasteiger partial charge in [0, 0.05) is 25.2 Å². The van der Waals surface area contributed by atoms with Crippen molar-refractivity contribution in [3.05, 3.63) is 24.4 Å². The number of amides is 2. The van der Waals surface area contributed by atoms with Gasteiger partial charge in [0.05, 0.1) is 5.92 Å². The molecule has 1 atom stereocenters. The Morgan fingerprint density at radius 2 is 2.22 bits per heavy atom. The maximum Gasteiger partial charge on any atom is 0.230 e. The standard InChI is InChI=1S/C13H15N3O2/c17-12-7-9(8-16(12)10-4-5-10)13(18)15-11-3-1-2-6-14-11/h1-3,6,9-10H,4-5,7-8H2,(H,14,15,18)/t9-/m0/s1. The summed E-state index contributed by atoms with van der Waals surface area (Å²) in [6.45, 7) is 0.558. The van der Waals surface area contributed by atoms with Gasteiger partial charge in [0.25, 0.3) is 0 Å². The predicted molar refractivity (Wildman–Crippen MR) is 65.7 cm³/mol. The molecule has 1 saturated carbocycles. The summed E-state index contributed by atoms with van der Waals surface area (Å²) in [5, 5.41) is 2.76. The summed E-state index contributed by atoms with van der Waals surface area (Å²) in [6.07, 6.45) is 4.13. The summed E-state index contributed by atoms with van der Waals surface area (Å²) < 4.78 is 0. The van der Waals surface area contributed by atoms with Gasteiger partial charge in [-0.1, -0.05) is 6.07 Å². The molecule has 1 aliphatic carbocycles. The maximum atomic E-state index is 12.0. The molecule has 2 fully saturated rings. The third-order valence-corrected chi connectivity index (χ3v) is 3.43. The monoisotopic (exact) mass is 245 g/mol. The fraction of sp³-hybridized carbons (Fsp3) is 0.462. The number of anilines is 1. The molecular weight excluding hydrogens is 230 g/mol. The Bertz CT molecular complexity index is 470. The van der Waals surface area contributed by atoms with Gasteiger partial charge in [-0.15, -0.1) is 0 Å². The number of hydrogen-bond acceptors (Lipinski definition) is 3. The first-order chi connectivity index (χ1) is 8.74. The fourth-order valence-electron chi connectivity index (χ4n) is 2.31. The van der Waals surface area contributed by atoms with Gasteiger partial charge in [-0.2, -0.15) is 0 Å². The number of nitrogens with zero attached hydrogens (tertiary/aromatic N) is 2. The minimum absolute atomic E-state index is 0.106. The zero-order chi connectivity index (χ0) is 12.5. The van der Waals surface area contributed by atoms with Crippen LogP contribution >= 0.6 is 0 Å². The summed E-state index contributed by atoms with van der Waals surface area (Å²) in [7, 11) is 0. The average molecular weight is 245 g/mol. The van der Waals surface area contributed by atoms with Crippen LogP contribution in [0.4, 0.5) is 5.82 Å². The Kier molecular flexibility index (Phi) is 2.74. The second-order valence-corrected chi connectivity index (χ2v) is 4.88. The molecule has 1 saturated heterocycles. The van der Waals surface area contributed by atoms with Gasteiger partial charge >= 0.3 is 0 Å². The Labute approximate surface area is 105 Å². The smallest absolute Gasteiger partial charge is 0.230 e. The van der Waals surface area contributed by atoms with Crippen LogP contribution in [0.5, 0.6) is 0 Å². The molecule has 1 aromatic heterocycles. The van der Waals surface area contributed by atoms with Crippen molar-refractivity contribution in [2.24, 2.45) is 5.92 Å². The van der Waals surface area contributed by atoms with Gasteiger partial charge in [-0.05, 0) is 25.0 Å². The average Bonchev–Trinajstić information content (AvgIpc) is 3.14. The van der Waals surface area contributed by atoms with Gasteiger partial charge in [-0.3, -0.25) is 9.59 Å². The van der Waals surface area contributed by atoms with E-state index in [1.165, 1.54) is 0 Å². The lowest BCUT2D eigenvalue weighted by molar-refractivity contribution is -0.128. The largest absolute Gasteiger partial charge is 0.339 e. The van der Waals surface area contributed by atoms with E-state index in [4.69, 9.17) is 0 Å². The number of aromatic nitrogens is 1. The van der Waals surface area contributed by atoms with E-state index in [0.717, 1.165) is 12.8 Å². The number of pyridine rings is 1. The summed E-state index contributed by atoms with van der Waals surface area (Å²) >= 11 is 0. The van der Waals surface area contributed by atoms with Gasteiger partial charge < -0.3 is 10.2 Å². The molecule has 0 spiro atoms. The molecule has 2 aliphatic rings. The molecule has 94 valence electrons. The minimum atomic E-state index is -0.236. The van der Waals surface area contributed by atoms with Crippen molar-refractivity contribution in [2.45, 2.75) is 25.3 Å². The van der Waals surface area contributed by atoms with Crippen LogP contribution in [0, 0.1) is 5.92 Å². The number of nitrogens with one attached hydrogen (secondary N) is 1. The molecule has 18 heavy (non-hydrogen) atoms. The van der Waals surface area contributed by atoms with Crippen LogP contribution < -0.4 is 5.32 Å². The van der Waals surface area contributed by atoms with Crippen molar-refractivity contribution in [1.82, 2.24) is 9.88 Å². The van der Waals surface area contributed by atoms with E-state index >= 15 is 0 Å². The van der Waals surface area contributed by atoms with E-state index in [-0.39, 0.29) is 17.7 Å². The Morgan fingerprint density at radius 1 is 1.39 bits per heavy atom. The van der Waals surface area contributed by atoms with E-state index in [1.807, 2.05) is 11.0 Å². The number of rotatable bonds is 3. The molecule has 0 unspecified atom stereocenters. The van der Waals surface area contributed by atoms with Crippen LogP contribution in [0.15, 0.2) is 24.4 Å². The second-order valence-electron chi connectivity index (χ2n) is 4.88. The molecule has 3 rings (SSSR count). The van der Waals surface area contributed by atoms with Crippen LogP contribution in [-0.4, -0.2) is 34.3 Å². The van der Waals surface area contributed by atoms with E-state index in [2.05, 4.69) is 10.3 Å². The summed E-state index contributed by atoms with van der Waals surface area (Å²) in [5.41, 5.74) is 0. The van der Waals surface area contributed by atoms with Crippen LogP contribution in [0.3, 0.4) is 0 Å². The Morgan fingerprint density at radius 3 is 2.89 bits per heavy atom. The first kappa shape index (κ1) is 11.2. The highest BCUT2D eigenvalue weighted by atomic mass is 16.2. The van der Waals surface area contributed by atoms with Crippen molar-refractivity contribution in [3.8, 4) is 0 Å². The topological polar surface area (TPSA) is 62.3 Å². The zero-order valence-electron chi connectivity index (χ0n) is 10.0. The van der Waals surface area contributed by atoms with Crippen molar-refractivity contribution >= 4 is 17.6 Å². The molecule has 0 radical (unpaired) electrons. The first-order valence-corrected chi connectivity index (χ1v) is 6.25. The fourth-order valence-corrected chi connectivity index (χ4v) is 2.31. The van der Waals surface area contributed by atoms with E-state index in [0.29, 0.717) is 24.8 Å². The van der Waals surface area contributed by atoms with Crippen molar-refractivity contribution in [3.63, 3.8) is 0 Å². The van der Waals surface area contributed by atoms with Crippen molar-refractivity contribution in [1.29, 1.82) is 0 Å². The normalized spacial score (nSPS) is 23.2. The third kappa shape index (κ3) is 2.20. The van der Waals surface area contributed by atoms with Crippen molar-refractivity contribution < 1.29 is 9.59 Å². The molecule has 1 aliphatic heterocycles. The van der Waals surface area contributed by atoms with E-state index in [1.54, 1.807) is 18.3 Å². The summed E-state index contributed by atoms with van der Waals surface area (Å²) in [6, 6.07) is 5.75. The predicted octanol–water partition coefficient (Wildman–Crippen LogP) is 1.03. The zero-order valence-corrected chi connectivity index (χ0v) is 10.0. The number of hydrogen-bond donors (Lipinski definition) is 1. The van der Waals surface area contributed by atoms with Gasteiger partial charge in [-0.25, -0.2) is 4.98 Å². The van der Waals surface area contributed by atoms with Crippen LogP contribution in [0.25, 0.3) is 0 Å². The number of likely N-dealkylation sites (tertiary alicyclic amines) is 1. The van der Waals surface area contributed by atoms with E-state index in [9.17, 15) is 9.59 Å². The molecule has 0 bridgehead atoms. The van der Waals surface area contributed by atoms with Crippen LogP contribution in [0.1, 0.15) is 19.3 Å². The lowest BCUT2D eigenvalue weighted by Gasteiger charge is -2.15. The van der Waals surface area contributed by atoms with Crippen molar-refractivity contribution in [2.75, 3.05) is 11.9 Å². The highest BCUT2D eigenvalue weighted by Gasteiger charge is 2.41. The molecule has 1 aromatic rings. The van der Waals surface area contributed by atoms with Crippen LogP contribution in [-0.2, 0) is 9.59 Å². The van der Waals surface area contributed by atoms with Gasteiger partial charge in [0.15, 0.2) is 0 Å². The van der Waals surface area contributed by atoms with Gasteiger partial charge in [0.2, 0.25) is 11.8 Å². The SMILES string of the molecule is O=C(Nc1ccccn1)[C@H]1CC(=O)N(C2CC2)C1. The molecule has 5 heteroatoms. The molecule has 1 N–H and O–H groups in total. The Hall–Kier alpha value is -1.91. The summed E-state index contributed by atoms with van der Waals surface area (Å²) in [4.78, 5) is 29.7. The lowest BCUT2D eigenvalue weighted by atomic mass is 10.1. The van der Waals surface area contributed by atoms with E-state index < -0.39 is 0 Å². The molecule has 2 heterocycles. The Balaban J connectivity index is 1.62. The first-order valence-electron chi connectivity index (χ1n) is 6.25. The number of carbonyl (C=O) groups excluding carboxylic acids is 2. The lowest BCUT2D eigenvalue weighted by Crippen LogP contribution is -2.30. The minimum Gasteiger partial charge on any atom is -0.339 e. The molecule has 0 aromatic carbocycles. The highest BCUT2D eigenvalue weighted by Crippen LogP contribution is 2.32. The van der Waals surface area contributed by atoms with Gasteiger partial charge in [0.1, 0.15) is 5.82 Å². The summed E-state index contributed by atoms with van der Waals surface area (Å²) in [5.74, 6) is 0.309.